The van der Waals surface area contributed by atoms with Crippen LogP contribution < -0.4 is 5.73 Å². The van der Waals surface area contributed by atoms with Crippen molar-refractivity contribution in [3.05, 3.63) is 0 Å². The zero-order valence-electron chi connectivity index (χ0n) is 12.8. The molecule has 0 aromatic rings. The van der Waals surface area contributed by atoms with Gasteiger partial charge in [0.1, 0.15) is 0 Å². The van der Waals surface area contributed by atoms with Crippen LogP contribution in [0.4, 0.5) is 0 Å². The molecule has 0 bridgehead atoms. The van der Waals surface area contributed by atoms with Gasteiger partial charge in [-0.05, 0) is 45.1 Å². The van der Waals surface area contributed by atoms with E-state index in [1.54, 1.807) is 0 Å². The van der Waals surface area contributed by atoms with Crippen molar-refractivity contribution in [2.45, 2.75) is 58.4 Å². The van der Waals surface area contributed by atoms with Crippen LogP contribution in [0.25, 0.3) is 0 Å². The number of nitrogens with two attached hydrogens (primary N) is 1. The molecule has 3 nitrogen and oxygen atoms in total. The van der Waals surface area contributed by atoms with Crippen molar-refractivity contribution < 1.29 is 4.74 Å². The van der Waals surface area contributed by atoms with Crippen LogP contribution in [-0.2, 0) is 4.74 Å². The molecular formula is C15H32N2O. The molecule has 0 heterocycles. The van der Waals surface area contributed by atoms with Crippen LogP contribution in [0.15, 0.2) is 0 Å². The van der Waals surface area contributed by atoms with Gasteiger partial charge in [-0.25, -0.2) is 0 Å². The molecule has 1 unspecified atom stereocenters. The van der Waals surface area contributed by atoms with Crippen molar-refractivity contribution in [1.29, 1.82) is 0 Å². The first kappa shape index (κ1) is 15.9. The molecule has 0 amide bonds. The van der Waals surface area contributed by atoms with Gasteiger partial charge in [0.2, 0.25) is 0 Å². The predicted molar refractivity (Wildman–Crippen MR) is 77.8 cm³/mol. The fourth-order valence-electron chi connectivity index (χ4n) is 3.04. The van der Waals surface area contributed by atoms with Gasteiger partial charge in [-0.1, -0.05) is 20.3 Å². The Morgan fingerprint density at radius 3 is 2.50 bits per heavy atom. The summed E-state index contributed by atoms with van der Waals surface area (Å²) in [6.45, 7) is 10.2. The summed E-state index contributed by atoms with van der Waals surface area (Å²) in [5.41, 5.74) is 6.80. The van der Waals surface area contributed by atoms with E-state index < -0.39 is 0 Å². The summed E-state index contributed by atoms with van der Waals surface area (Å²) in [7, 11) is 2.21. The predicted octanol–water partition coefficient (Wildman–Crippen LogP) is 2.64. The van der Waals surface area contributed by atoms with Crippen LogP contribution in [0.1, 0.15) is 52.9 Å². The van der Waals surface area contributed by atoms with Crippen molar-refractivity contribution in [2.24, 2.45) is 11.1 Å². The summed E-state index contributed by atoms with van der Waals surface area (Å²) < 4.78 is 5.47. The van der Waals surface area contributed by atoms with E-state index in [1.807, 2.05) is 6.92 Å². The molecule has 18 heavy (non-hydrogen) atoms. The highest BCUT2D eigenvalue weighted by Gasteiger charge is 2.37. The Hall–Kier alpha value is -0.120. The summed E-state index contributed by atoms with van der Waals surface area (Å²) in [6, 6.07) is 0. The van der Waals surface area contributed by atoms with Gasteiger partial charge in [0.15, 0.2) is 0 Å². The lowest BCUT2D eigenvalue weighted by molar-refractivity contribution is 0.0570. The summed E-state index contributed by atoms with van der Waals surface area (Å²) in [6.07, 6.45) is 6.36. The Balaban J connectivity index is 2.60. The maximum atomic E-state index is 6.12. The van der Waals surface area contributed by atoms with Crippen molar-refractivity contribution in [3.63, 3.8) is 0 Å². The number of hydrogen-bond acceptors (Lipinski definition) is 3. The minimum absolute atomic E-state index is 0.199. The Morgan fingerprint density at radius 1 is 1.17 bits per heavy atom. The summed E-state index contributed by atoms with van der Waals surface area (Å²) in [5.74, 6) is 0. The first-order chi connectivity index (χ1) is 8.46. The Morgan fingerprint density at radius 2 is 1.89 bits per heavy atom. The van der Waals surface area contributed by atoms with Crippen molar-refractivity contribution >= 4 is 0 Å². The third-order valence-corrected chi connectivity index (χ3v) is 4.73. The van der Waals surface area contributed by atoms with Crippen LogP contribution in [0.3, 0.4) is 0 Å². The quantitative estimate of drug-likeness (QED) is 0.586. The molecule has 0 aliphatic heterocycles. The zero-order valence-corrected chi connectivity index (χ0v) is 12.8. The summed E-state index contributed by atoms with van der Waals surface area (Å²) >= 11 is 0. The van der Waals surface area contributed by atoms with E-state index in [1.165, 1.54) is 32.1 Å². The van der Waals surface area contributed by atoms with Crippen LogP contribution in [0.2, 0.25) is 0 Å². The molecule has 1 atom stereocenters. The molecule has 0 aromatic carbocycles. The third kappa shape index (κ3) is 4.22. The van der Waals surface area contributed by atoms with E-state index in [-0.39, 0.29) is 5.54 Å². The molecule has 108 valence electrons. The topological polar surface area (TPSA) is 38.5 Å². The third-order valence-electron chi connectivity index (χ3n) is 4.73. The van der Waals surface area contributed by atoms with Gasteiger partial charge >= 0.3 is 0 Å². The molecule has 1 aliphatic carbocycles. The minimum atomic E-state index is 0.199. The van der Waals surface area contributed by atoms with Gasteiger partial charge in [0, 0.05) is 25.2 Å². The van der Waals surface area contributed by atoms with Crippen LogP contribution in [-0.4, -0.2) is 43.8 Å². The molecule has 0 radical (unpaired) electrons. The van der Waals surface area contributed by atoms with Gasteiger partial charge in [-0.2, -0.15) is 0 Å². The second-order valence-corrected chi connectivity index (χ2v) is 6.56. The standard InChI is InChI=1S/C15H32N2O/c1-5-18-12-11-17(4)15(13-16)8-6-7-14(2,3)9-10-15/h5-13,16H2,1-4H3. The SMILES string of the molecule is CCOCCN(C)C1(CN)CCCC(C)(C)CC1. The van der Waals surface area contributed by atoms with Crippen LogP contribution in [0.5, 0.6) is 0 Å². The molecule has 0 spiro atoms. The lowest BCUT2D eigenvalue weighted by Gasteiger charge is -2.41. The van der Waals surface area contributed by atoms with Crippen molar-refractivity contribution in [1.82, 2.24) is 4.90 Å². The van der Waals surface area contributed by atoms with Gasteiger partial charge in [-0.3, -0.25) is 4.90 Å². The fourth-order valence-corrected chi connectivity index (χ4v) is 3.04. The summed E-state index contributed by atoms with van der Waals surface area (Å²) in [4.78, 5) is 2.45. The van der Waals surface area contributed by atoms with Crippen molar-refractivity contribution in [3.8, 4) is 0 Å². The molecule has 3 heteroatoms. The van der Waals surface area contributed by atoms with Gasteiger partial charge in [0.05, 0.1) is 6.61 Å². The lowest BCUT2D eigenvalue weighted by atomic mass is 9.83. The van der Waals surface area contributed by atoms with E-state index in [2.05, 4.69) is 25.8 Å². The molecule has 2 N–H and O–H groups in total. The van der Waals surface area contributed by atoms with Gasteiger partial charge < -0.3 is 10.5 Å². The zero-order chi connectivity index (χ0) is 13.6. The molecule has 0 saturated heterocycles. The molecule has 1 rings (SSSR count). The average molecular weight is 256 g/mol. The lowest BCUT2D eigenvalue weighted by Crippen LogP contribution is -2.52. The van der Waals surface area contributed by atoms with E-state index >= 15 is 0 Å². The smallest absolute Gasteiger partial charge is 0.0593 e. The van der Waals surface area contributed by atoms with E-state index in [0.717, 1.165) is 26.3 Å². The first-order valence-electron chi connectivity index (χ1n) is 7.45. The van der Waals surface area contributed by atoms with Gasteiger partial charge in [-0.15, -0.1) is 0 Å². The molecule has 1 saturated carbocycles. The van der Waals surface area contributed by atoms with Gasteiger partial charge in [0.25, 0.3) is 0 Å². The average Bonchev–Trinajstić information content (AvgIpc) is 2.49. The Labute approximate surface area is 113 Å². The second-order valence-electron chi connectivity index (χ2n) is 6.56. The maximum Gasteiger partial charge on any atom is 0.0593 e. The van der Waals surface area contributed by atoms with Crippen LogP contribution >= 0.6 is 0 Å². The normalized spacial score (nSPS) is 28.3. The second kappa shape index (κ2) is 6.88. The molecular weight excluding hydrogens is 224 g/mol. The largest absolute Gasteiger partial charge is 0.380 e. The number of rotatable bonds is 6. The van der Waals surface area contributed by atoms with E-state index in [0.29, 0.717) is 5.41 Å². The Kier molecular flexibility index (Phi) is 6.09. The fraction of sp³-hybridized carbons (Fsp3) is 1.00. The maximum absolute atomic E-state index is 6.12. The summed E-state index contributed by atoms with van der Waals surface area (Å²) in [5, 5.41) is 0. The first-order valence-corrected chi connectivity index (χ1v) is 7.45. The van der Waals surface area contributed by atoms with E-state index in [9.17, 15) is 0 Å². The number of ether oxygens (including phenoxy) is 1. The highest BCUT2D eigenvalue weighted by atomic mass is 16.5. The Bertz CT molecular complexity index is 243. The molecule has 0 aromatic heterocycles. The number of hydrogen-bond donors (Lipinski definition) is 1. The molecule has 1 aliphatic rings. The van der Waals surface area contributed by atoms with Crippen molar-refractivity contribution in [2.75, 3.05) is 33.4 Å². The number of nitrogens with zero attached hydrogens (tertiary/aromatic N) is 1. The highest BCUT2D eigenvalue weighted by Crippen LogP contribution is 2.39. The van der Waals surface area contributed by atoms with E-state index in [4.69, 9.17) is 10.5 Å². The molecule has 1 fully saturated rings. The van der Waals surface area contributed by atoms with Crippen LogP contribution in [0, 0.1) is 5.41 Å². The minimum Gasteiger partial charge on any atom is -0.380 e. The monoisotopic (exact) mass is 256 g/mol. The highest BCUT2D eigenvalue weighted by molar-refractivity contribution is 4.94. The number of likely N-dealkylation sites (N-methyl/N-ethyl adjacent to an activating group) is 1.